The molecule has 2 fully saturated rings. The third-order valence-electron chi connectivity index (χ3n) is 6.80. The molecule has 0 unspecified atom stereocenters. The molecule has 2 aliphatic rings. The summed E-state index contributed by atoms with van der Waals surface area (Å²) in [6.45, 7) is 0.577. The van der Waals surface area contributed by atoms with Gasteiger partial charge in [-0.3, -0.25) is 9.89 Å². The van der Waals surface area contributed by atoms with Crippen molar-refractivity contribution in [3.05, 3.63) is 54.4 Å². The molecule has 186 valence electrons. The van der Waals surface area contributed by atoms with Crippen molar-refractivity contribution in [3.8, 4) is 0 Å². The Morgan fingerprint density at radius 1 is 1.25 bits per heavy atom. The van der Waals surface area contributed by atoms with Crippen LogP contribution in [0.5, 0.6) is 0 Å². The maximum Gasteiger partial charge on any atom is 0.247 e. The van der Waals surface area contributed by atoms with E-state index in [1.165, 1.54) is 31.2 Å². The monoisotopic (exact) mass is 490 g/mol. The minimum Gasteiger partial charge on any atom is -0.326 e. The fraction of sp³-hybridized carbons (Fsp3) is 0.375. The SMILES string of the molecule is CN(C)[C@H]1C[C@@H](C(=O)Nc2ccc(F)nc2)N(c2nc(Nc3cc(C4CC4)[nH]n3)c3cccn3n2)C1. The second-order valence-electron chi connectivity index (χ2n) is 9.59. The van der Waals surface area contributed by atoms with Crippen molar-refractivity contribution < 1.29 is 9.18 Å². The van der Waals surface area contributed by atoms with Crippen LogP contribution in [0.4, 0.5) is 27.7 Å². The average Bonchev–Trinajstić information content (AvgIpc) is 3.24. The number of nitrogens with one attached hydrogen (secondary N) is 3. The van der Waals surface area contributed by atoms with Gasteiger partial charge in [-0.15, -0.1) is 5.10 Å². The lowest BCUT2D eigenvalue weighted by atomic mass is 10.1. The number of hydrogen-bond donors (Lipinski definition) is 3. The topological polar surface area (TPSA) is 119 Å². The van der Waals surface area contributed by atoms with E-state index in [4.69, 9.17) is 10.1 Å². The Labute approximate surface area is 206 Å². The van der Waals surface area contributed by atoms with Gasteiger partial charge in [0.2, 0.25) is 17.8 Å². The Hall–Kier alpha value is -4.06. The molecule has 36 heavy (non-hydrogen) atoms. The quantitative estimate of drug-likeness (QED) is 0.339. The minimum absolute atomic E-state index is 0.125. The predicted octanol–water partition coefficient (Wildman–Crippen LogP) is 2.76. The fourth-order valence-electron chi connectivity index (χ4n) is 4.59. The van der Waals surface area contributed by atoms with Crippen molar-refractivity contribution >= 4 is 34.7 Å². The highest BCUT2D eigenvalue weighted by molar-refractivity contribution is 5.97. The van der Waals surface area contributed by atoms with E-state index in [9.17, 15) is 9.18 Å². The number of pyridine rings is 1. The molecule has 0 aromatic carbocycles. The van der Waals surface area contributed by atoms with Gasteiger partial charge in [-0.25, -0.2) is 9.50 Å². The number of nitrogens with zero attached hydrogens (tertiary/aromatic N) is 7. The van der Waals surface area contributed by atoms with Crippen LogP contribution in [-0.2, 0) is 4.79 Å². The second kappa shape index (κ2) is 8.86. The van der Waals surface area contributed by atoms with Crippen LogP contribution in [-0.4, -0.2) is 73.3 Å². The van der Waals surface area contributed by atoms with Crippen molar-refractivity contribution in [2.75, 3.05) is 36.2 Å². The highest BCUT2D eigenvalue weighted by Crippen LogP contribution is 2.40. The van der Waals surface area contributed by atoms with Crippen molar-refractivity contribution in [1.29, 1.82) is 0 Å². The van der Waals surface area contributed by atoms with Crippen LogP contribution in [0.15, 0.2) is 42.7 Å². The number of H-pyrrole nitrogens is 1. The average molecular weight is 491 g/mol. The Morgan fingerprint density at radius 3 is 2.86 bits per heavy atom. The number of carbonyl (C=O) groups is 1. The zero-order valence-electron chi connectivity index (χ0n) is 20.0. The van der Waals surface area contributed by atoms with E-state index in [2.05, 4.69) is 30.7 Å². The van der Waals surface area contributed by atoms with Gasteiger partial charge in [0, 0.05) is 36.5 Å². The number of hydrogen-bond acceptors (Lipinski definition) is 8. The molecule has 0 spiro atoms. The van der Waals surface area contributed by atoms with Crippen molar-refractivity contribution in [2.24, 2.45) is 0 Å². The van der Waals surface area contributed by atoms with Gasteiger partial charge in [-0.1, -0.05) is 0 Å². The van der Waals surface area contributed by atoms with Gasteiger partial charge in [0.05, 0.1) is 11.9 Å². The van der Waals surface area contributed by atoms with E-state index >= 15 is 0 Å². The minimum atomic E-state index is -0.599. The van der Waals surface area contributed by atoms with E-state index < -0.39 is 12.0 Å². The number of fused-ring (bicyclic) bond motifs is 1. The summed E-state index contributed by atoms with van der Waals surface area (Å²) < 4.78 is 15.0. The molecule has 1 aliphatic heterocycles. The first-order valence-electron chi connectivity index (χ1n) is 12.0. The molecule has 12 heteroatoms. The molecule has 4 aromatic rings. The molecule has 1 aliphatic carbocycles. The molecular formula is C24H27FN10O. The Kier molecular flexibility index (Phi) is 5.52. The lowest BCUT2D eigenvalue weighted by Gasteiger charge is -2.24. The number of halogens is 1. The molecule has 1 saturated heterocycles. The standard InChI is InChI=1S/C24H27FN10O/c1-33(2)16-10-19(23(36)27-15-7-8-20(25)26-12-15)34(13-16)24-29-22(18-4-3-9-35(18)32-24)28-21-11-17(30-31-21)14-5-6-14/h3-4,7-9,11-12,14,16,19H,5-6,10,13H2,1-2H3,(H,27,36)(H2,28,29,30,31,32)/t16-,19-/m0/s1. The third-order valence-corrected chi connectivity index (χ3v) is 6.80. The van der Waals surface area contributed by atoms with Gasteiger partial charge in [-0.2, -0.15) is 14.5 Å². The lowest BCUT2D eigenvalue weighted by Crippen LogP contribution is -2.41. The summed E-state index contributed by atoms with van der Waals surface area (Å²) in [7, 11) is 3.98. The predicted molar refractivity (Wildman–Crippen MR) is 133 cm³/mol. The van der Waals surface area contributed by atoms with E-state index in [1.54, 1.807) is 4.52 Å². The highest BCUT2D eigenvalue weighted by atomic mass is 19.1. The van der Waals surface area contributed by atoms with Gasteiger partial charge in [-0.05, 0) is 57.6 Å². The van der Waals surface area contributed by atoms with Crippen LogP contribution >= 0.6 is 0 Å². The molecule has 5 heterocycles. The first kappa shape index (κ1) is 22.4. The number of anilines is 4. The van der Waals surface area contributed by atoms with Crippen LogP contribution in [0, 0.1) is 5.95 Å². The molecule has 4 aromatic heterocycles. The van der Waals surface area contributed by atoms with E-state index in [0.29, 0.717) is 42.2 Å². The summed E-state index contributed by atoms with van der Waals surface area (Å²) in [5.41, 5.74) is 2.36. The van der Waals surface area contributed by atoms with Gasteiger partial charge in [0.25, 0.3) is 0 Å². The zero-order valence-corrected chi connectivity index (χ0v) is 20.0. The van der Waals surface area contributed by atoms with Crippen molar-refractivity contribution in [1.82, 2.24) is 34.7 Å². The molecular weight excluding hydrogens is 463 g/mol. The van der Waals surface area contributed by atoms with Gasteiger partial charge < -0.3 is 20.4 Å². The molecule has 11 nitrogen and oxygen atoms in total. The summed E-state index contributed by atoms with van der Waals surface area (Å²) in [4.78, 5) is 25.8. The van der Waals surface area contributed by atoms with E-state index in [-0.39, 0.29) is 11.9 Å². The maximum atomic E-state index is 13.3. The summed E-state index contributed by atoms with van der Waals surface area (Å²) >= 11 is 0. The van der Waals surface area contributed by atoms with Gasteiger partial charge >= 0.3 is 0 Å². The molecule has 1 amide bonds. The van der Waals surface area contributed by atoms with Crippen LogP contribution in [0.3, 0.4) is 0 Å². The largest absolute Gasteiger partial charge is 0.326 e. The molecule has 1 saturated carbocycles. The number of aromatic amines is 1. The summed E-state index contributed by atoms with van der Waals surface area (Å²) in [6, 6.07) is 8.16. The fourth-order valence-corrected chi connectivity index (χ4v) is 4.59. The number of likely N-dealkylation sites (N-methyl/N-ethyl adjacent to an activating group) is 1. The lowest BCUT2D eigenvalue weighted by molar-refractivity contribution is -0.117. The van der Waals surface area contributed by atoms with Gasteiger partial charge in [0.15, 0.2) is 11.6 Å². The summed E-state index contributed by atoms with van der Waals surface area (Å²) in [5, 5.41) is 18.4. The first-order valence-corrected chi connectivity index (χ1v) is 12.0. The Balaban J connectivity index is 1.31. The molecule has 6 rings (SSSR count). The zero-order chi connectivity index (χ0) is 24.8. The van der Waals surface area contributed by atoms with Crippen LogP contribution in [0.2, 0.25) is 0 Å². The van der Waals surface area contributed by atoms with E-state index in [1.807, 2.05) is 43.4 Å². The van der Waals surface area contributed by atoms with Crippen LogP contribution in [0.25, 0.3) is 5.52 Å². The van der Waals surface area contributed by atoms with Crippen LogP contribution in [0.1, 0.15) is 30.9 Å². The molecule has 2 atom stereocenters. The smallest absolute Gasteiger partial charge is 0.247 e. The summed E-state index contributed by atoms with van der Waals surface area (Å²) in [6.07, 6.45) is 6.11. The van der Waals surface area contributed by atoms with Gasteiger partial charge in [0.1, 0.15) is 11.6 Å². The molecule has 0 radical (unpaired) electrons. The number of rotatable bonds is 7. The third kappa shape index (κ3) is 4.35. The molecule has 0 bridgehead atoms. The van der Waals surface area contributed by atoms with E-state index in [0.717, 1.165) is 11.2 Å². The first-order chi connectivity index (χ1) is 17.4. The maximum absolute atomic E-state index is 13.3. The van der Waals surface area contributed by atoms with Crippen LogP contribution < -0.4 is 15.5 Å². The Morgan fingerprint density at radius 2 is 2.11 bits per heavy atom. The second-order valence-corrected chi connectivity index (χ2v) is 9.59. The molecule has 3 N–H and O–H groups in total. The normalized spacial score (nSPS) is 19.8. The summed E-state index contributed by atoms with van der Waals surface area (Å²) in [5.74, 6) is 1.47. The number of carbonyl (C=O) groups excluding carboxylic acids is 1. The number of aromatic nitrogens is 6. The highest BCUT2D eigenvalue weighted by Gasteiger charge is 2.40. The Bertz CT molecular complexity index is 1390. The number of amides is 1. The van der Waals surface area contributed by atoms with Crippen molar-refractivity contribution in [3.63, 3.8) is 0 Å². The van der Waals surface area contributed by atoms with Crippen molar-refractivity contribution in [2.45, 2.75) is 37.3 Å².